The van der Waals surface area contributed by atoms with Crippen LogP contribution in [0.2, 0.25) is 0 Å². The third-order valence-electron chi connectivity index (χ3n) is 4.29. The molecule has 0 aliphatic heterocycles. The Labute approximate surface area is 152 Å². The van der Waals surface area contributed by atoms with Crippen molar-refractivity contribution in [2.45, 2.75) is 66.2 Å². The maximum absolute atomic E-state index is 6.28. The van der Waals surface area contributed by atoms with Gasteiger partial charge in [0.25, 0.3) is 0 Å². The van der Waals surface area contributed by atoms with Crippen LogP contribution in [0, 0.1) is 0 Å². The molecule has 0 fully saturated rings. The Morgan fingerprint density at radius 2 is 1.84 bits per heavy atom. The van der Waals surface area contributed by atoms with E-state index in [1.54, 1.807) is 0 Å². The number of hydrogen-bond acceptors (Lipinski definition) is 3. The fraction of sp³-hybridized carbons (Fsp3) is 0.571. The number of benzene rings is 1. The van der Waals surface area contributed by atoms with E-state index >= 15 is 0 Å². The smallest absolute Gasteiger partial charge is 0.130 e. The lowest BCUT2D eigenvalue weighted by Gasteiger charge is -2.18. The van der Waals surface area contributed by atoms with Gasteiger partial charge in [0.05, 0.1) is 11.4 Å². The predicted octanol–water partition coefficient (Wildman–Crippen LogP) is 4.79. The number of nitrogens with zero attached hydrogens (tertiary/aromatic N) is 3. The first kappa shape index (κ1) is 19.5. The van der Waals surface area contributed by atoms with Crippen LogP contribution in [0.25, 0.3) is 0 Å². The van der Waals surface area contributed by atoms with Gasteiger partial charge in [0, 0.05) is 12.6 Å². The van der Waals surface area contributed by atoms with Gasteiger partial charge in [-0.3, -0.25) is 4.68 Å². The second kappa shape index (κ2) is 8.52. The van der Waals surface area contributed by atoms with E-state index in [-0.39, 0.29) is 0 Å². The SMILES string of the molecule is CCc1cc(COc2cc(CN(C)C)ccc2C(C)C)n(C(C)C)n1. The molecule has 0 aliphatic carbocycles. The largest absolute Gasteiger partial charge is 0.487 e. The number of hydrogen-bond donors (Lipinski definition) is 0. The molecule has 4 nitrogen and oxygen atoms in total. The minimum Gasteiger partial charge on any atom is -0.487 e. The first-order valence-electron chi connectivity index (χ1n) is 9.29. The van der Waals surface area contributed by atoms with E-state index in [0.29, 0.717) is 18.6 Å². The highest BCUT2D eigenvalue weighted by atomic mass is 16.5. The van der Waals surface area contributed by atoms with Crippen LogP contribution in [-0.2, 0) is 19.6 Å². The number of aromatic nitrogens is 2. The maximum Gasteiger partial charge on any atom is 0.130 e. The Morgan fingerprint density at radius 1 is 1.12 bits per heavy atom. The van der Waals surface area contributed by atoms with Crippen molar-refractivity contribution in [2.24, 2.45) is 0 Å². The summed E-state index contributed by atoms with van der Waals surface area (Å²) in [6.45, 7) is 12.3. The highest BCUT2D eigenvalue weighted by Crippen LogP contribution is 2.29. The first-order valence-corrected chi connectivity index (χ1v) is 9.29. The van der Waals surface area contributed by atoms with E-state index < -0.39 is 0 Å². The second-order valence-corrected chi connectivity index (χ2v) is 7.57. The molecule has 1 aromatic carbocycles. The third-order valence-corrected chi connectivity index (χ3v) is 4.29. The van der Waals surface area contributed by atoms with Gasteiger partial charge in [-0.25, -0.2) is 0 Å². The molecule has 0 bridgehead atoms. The van der Waals surface area contributed by atoms with Crippen molar-refractivity contribution >= 4 is 0 Å². The standard InChI is InChI=1S/C21H33N3O/c1-8-18-12-19(24(22-18)16(4)5)14-25-21-11-17(13-23(6)7)9-10-20(21)15(2)3/h9-12,15-16H,8,13-14H2,1-7H3. The minimum absolute atomic E-state index is 0.337. The molecular weight excluding hydrogens is 310 g/mol. The van der Waals surface area contributed by atoms with Gasteiger partial charge in [-0.1, -0.05) is 32.9 Å². The lowest BCUT2D eigenvalue weighted by Crippen LogP contribution is -2.12. The molecule has 0 N–H and O–H groups in total. The summed E-state index contributed by atoms with van der Waals surface area (Å²) in [5.41, 5.74) is 4.79. The first-order chi connectivity index (χ1) is 11.8. The molecule has 0 saturated heterocycles. The average molecular weight is 344 g/mol. The Kier molecular flexibility index (Phi) is 6.65. The van der Waals surface area contributed by atoms with E-state index in [0.717, 1.165) is 30.1 Å². The van der Waals surface area contributed by atoms with Crippen LogP contribution in [0.3, 0.4) is 0 Å². The van der Waals surface area contributed by atoms with Crippen LogP contribution >= 0.6 is 0 Å². The van der Waals surface area contributed by atoms with Gasteiger partial charge in [-0.2, -0.15) is 5.10 Å². The molecule has 0 radical (unpaired) electrons. The van der Waals surface area contributed by atoms with E-state index in [2.05, 4.69) is 87.7 Å². The number of ether oxygens (including phenoxy) is 1. The van der Waals surface area contributed by atoms with Crippen molar-refractivity contribution in [1.82, 2.24) is 14.7 Å². The molecule has 2 aromatic rings. The van der Waals surface area contributed by atoms with Crippen LogP contribution in [0.1, 0.15) is 69.1 Å². The van der Waals surface area contributed by atoms with Crippen LogP contribution in [-0.4, -0.2) is 28.8 Å². The monoisotopic (exact) mass is 343 g/mol. The summed E-state index contributed by atoms with van der Waals surface area (Å²) in [4.78, 5) is 2.18. The molecular formula is C21H33N3O. The van der Waals surface area contributed by atoms with Crippen LogP contribution < -0.4 is 4.74 Å². The fourth-order valence-electron chi connectivity index (χ4n) is 3.01. The van der Waals surface area contributed by atoms with Gasteiger partial charge in [0.15, 0.2) is 0 Å². The summed E-state index contributed by atoms with van der Waals surface area (Å²) in [6.07, 6.45) is 0.947. The summed E-state index contributed by atoms with van der Waals surface area (Å²) >= 11 is 0. The molecule has 25 heavy (non-hydrogen) atoms. The zero-order valence-electron chi connectivity index (χ0n) is 16.8. The Hall–Kier alpha value is -1.81. The van der Waals surface area contributed by atoms with Crippen LogP contribution in [0.15, 0.2) is 24.3 Å². The van der Waals surface area contributed by atoms with E-state index in [4.69, 9.17) is 4.74 Å². The molecule has 2 rings (SSSR count). The van der Waals surface area contributed by atoms with Gasteiger partial charge < -0.3 is 9.64 Å². The summed E-state index contributed by atoms with van der Waals surface area (Å²) in [6, 6.07) is 9.10. The lowest BCUT2D eigenvalue weighted by atomic mass is 10.00. The summed E-state index contributed by atoms with van der Waals surface area (Å²) in [5.74, 6) is 1.42. The topological polar surface area (TPSA) is 30.3 Å². The molecule has 1 heterocycles. The molecule has 0 atom stereocenters. The molecule has 0 saturated carbocycles. The highest BCUT2D eigenvalue weighted by molar-refractivity contribution is 5.39. The van der Waals surface area contributed by atoms with Crippen LogP contribution in [0.4, 0.5) is 0 Å². The molecule has 0 unspecified atom stereocenters. The van der Waals surface area contributed by atoms with E-state index in [9.17, 15) is 0 Å². The molecule has 0 amide bonds. The predicted molar refractivity (Wildman–Crippen MR) is 104 cm³/mol. The summed E-state index contributed by atoms with van der Waals surface area (Å²) in [5, 5.41) is 4.68. The van der Waals surface area contributed by atoms with Gasteiger partial charge in [0.1, 0.15) is 12.4 Å². The summed E-state index contributed by atoms with van der Waals surface area (Å²) < 4.78 is 8.36. The molecule has 1 aromatic heterocycles. The number of aryl methyl sites for hydroxylation is 1. The maximum atomic E-state index is 6.28. The van der Waals surface area contributed by atoms with Crippen molar-refractivity contribution in [3.8, 4) is 5.75 Å². The minimum atomic E-state index is 0.337. The molecule has 0 spiro atoms. The normalized spacial score (nSPS) is 11.8. The highest BCUT2D eigenvalue weighted by Gasteiger charge is 2.13. The van der Waals surface area contributed by atoms with Crippen molar-refractivity contribution in [3.05, 3.63) is 46.8 Å². The van der Waals surface area contributed by atoms with Crippen LogP contribution in [0.5, 0.6) is 5.75 Å². The number of rotatable bonds is 8. The zero-order chi connectivity index (χ0) is 18.6. The van der Waals surface area contributed by atoms with Crippen molar-refractivity contribution in [3.63, 3.8) is 0 Å². The van der Waals surface area contributed by atoms with Gasteiger partial charge in [-0.15, -0.1) is 0 Å². The molecule has 138 valence electrons. The quantitative estimate of drug-likeness (QED) is 0.690. The Balaban J connectivity index is 2.25. The Morgan fingerprint density at radius 3 is 2.40 bits per heavy atom. The average Bonchev–Trinajstić information content (AvgIpc) is 2.95. The molecule has 4 heteroatoms. The van der Waals surface area contributed by atoms with Gasteiger partial charge >= 0.3 is 0 Å². The van der Waals surface area contributed by atoms with E-state index in [1.807, 2.05) is 0 Å². The fourth-order valence-corrected chi connectivity index (χ4v) is 3.01. The molecule has 0 aliphatic rings. The van der Waals surface area contributed by atoms with E-state index in [1.165, 1.54) is 11.1 Å². The van der Waals surface area contributed by atoms with Crippen molar-refractivity contribution in [1.29, 1.82) is 0 Å². The van der Waals surface area contributed by atoms with Gasteiger partial charge in [0.2, 0.25) is 0 Å². The zero-order valence-corrected chi connectivity index (χ0v) is 16.8. The summed E-state index contributed by atoms with van der Waals surface area (Å²) in [7, 11) is 4.18. The third kappa shape index (κ3) is 5.08. The van der Waals surface area contributed by atoms with Crippen molar-refractivity contribution in [2.75, 3.05) is 14.1 Å². The lowest BCUT2D eigenvalue weighted by molar-refractivity contribution is 0.283. The Bertz CT molecular complexity index is 686. The van der Waals surface area contributed by atoms with Gasteiger partial charge in [-0.05, 0) is 63.5 Å². The second-order valence-electron chi connectivity index (χ2n) is 7.57. The van der Waals surface area contributed by atoms with Crippen molar-refractivity contribution < 1.29 is 4.74 Å².